The topological polar surface area (TPSA) is 51.0 Å². The molecular formula is C16H20N4O. The third kappa shape index (κ3) is 3.55. The molecule has 0 radical (unpaired) electrons. The number of likely N-dealkylation sites (tertiary alicyclic amines) is 1. The van der Waals surface area contributed by atoms with Crippen LogP contribution in [-0.4, -0.2) is 39.3 Å². The van der Waals surface area contributed by atoms with Crippen molar-refractivity contribution in [1.29, 1.82) is 0 Å². The summed E-state index contributed by atoms with van der Waals surface area (Å²) < 4.78 is 1.55. The Morgan fingerprint density at radius 3 is 2.57 bits per heavy atom. The van der Waals surface area contributed by atoms with E-state index in [0.717, 1.165) is 31.0 Å². The summed E-state index contributed by atoms with van der Waals surface area (Å²) >= 11 is 0. The van der Waals surface area contributed by atoms with Gasteiger partial charge in [-0.3, -0.25) is 9.78 Å². The lowest BCUT2D eigenvalue weighted by molar-refractivity contribution is 0.216. The molecular weight excluding hydrogens is 264 g/mol. The minimum absolute atomic E-state index is 0.0494. The quantitative estimate of drug-likeness (QED) is 0.859. The van der Waals surface area contributed by atoms with E-state index in [0.29, 0.717) is 6.54 Å². The Bertz CT molecular complexity index is 632. The molecule has 110 valence electrons. The molecule has 1 saturated heterocycles. The molecule has 0 saturated carbocycles. The lowest BCUT2D eigenvalue weighted by atomic mass is 10.1. The minimum atomic E-state index is -0.0494. The van der Waals surface area contributed by atoms with Crippen LogP contribution in [-0.2, 0) is 6.54 Å². The highest BCUT2D eigenvalue weighted by Gasteiger charge is 2.11. The standard InChI is InChI=1S/C16H20N4O/c21-16-8-7-15(14-6-2-3-9-17-14)18-20(16)13-12-19-10-4-1-5-11-19/h2-3,6-9H,1,4-5,10-13H2. The van der Waals surface area contributed by atoms with Crippen LogP contribution in [0.3, 0.4) is 0 Å². The molecule has 0 atom stereocenters. The Morgan fingerprint density at radius 1 is 0.952 bits per heavy atom. The van der Waals surface area contributed by atoms with Crippen molar-refractivity contribution in [2.24, 2.45) is 0 Å². The van der Waals surface area contributed by atoms with Gasteiger partial charge in [0.1, 0.15) is 5.69 Å². The number of hydrogen-bond donors (Lipinski definition) is 0. The molecule has 0 aromatic carbocycles. The molecule has 2 aromatic rings. The summed E-state index contributed by atoms with van der Waals surface area (Å²) in [4.78, 5) is 18.6. The molecule has 0 bridgehead atoms. The van der Waals surface area contributed by atoms with Crippen LogP contribution in [0.2, 0.25) is 0 Å². The van der Waals surface area contributed by atoms with Crippen LogP contribution in [0.25, 0.3) is 11.4 Å². The average molecular weight is 284 g/mol. The maximum absolute atomic E-state index is 11.9. The van der Waals surface area contributed by atoms with Crippen LogP contribution in [0.1, 0.15) is 19.3 Å². The normalized spacial score (nSPS) is 16.0. The largest absolute Gasteiger partial charge is 0.301 e. The maximum Gasteiger partial charge on any atom is 0.266 e. The van der Waals surface area contributed by atoms with E-state index < -0.39 is 0 Å². The molecule has 3 heterocycles. The van der Waals surface area contributed by atoms with Gasteiger partial charge in [-0.15, -0.1) is 0 Å². The molecule has 0 N–H and O–H groups in total. The van der Waals surface area contributed by atoms with E-state index >= 15 is 0 Å². The highest BCUT2D eigenvalue weighted by molar-refractivity contribution is 5.52. The monoisotopic (exact) mass is 284 g/mol. The summed E-state index contributed by atoms with van der Waals surface area (Å²) in [5.74, 6) is 0. The number of rotatable bonds is 4. The summed E-state index contributed by atoms with van der Waals surface area (Å²) in [5.41, 5.74) is 1.49. The fourth-order valence-corrected chi connectivity index (χ4v) is 2.68. The maximum atomic E-state index is 11.9. The van der Waals surface area contributed by atoms with Crippen LogP contribution in [0.5, 0.6) is 0 Å². The Kier molecular flexibility index (Phi) is 4.40. The number of hydrogen-bond acceptors (Lipinski definition) is 4. The van der Waals surface area contributed by atoms with Gasteiger partial charge in [-0.25, -0.2) is 4.68 Å². The molecule has 1 fully saturated rings. The zero-order chi connectivity index (χ0) is 14.5. The first-order chi connectivity index (χ1) is 10.3. The van der Waals surface area contributed by atoms with Crippen LogP contribution in [0.4, 0.5) is 0 Å². The molecule has 1 aliphatic rings. The molecule has 5 heteroatoms. The first-order valence-electron chi connectivity index (χ1n) is 7.55. The van der Waals surface area contributed by atoms with Gasteiger partial charge in [0.15, 0.2) is 0 Å². The van der Waals surface area contributed by atoms with Gasteiger partial charge in [0.05, 0.1) is 12.2 Å². The van der Waals surface area contributed by atoms with Gasteiger partial charge in [-0.1, -0.05) is 12.5 Å². The van der Waals surface area contributed by atoms with Crippen molar-refractivity contribution in [3.63, 3.8) is 0 Å². The Morgan fingerprint density at radius 2 is 1.81 bits per heavy atom. The summed E-state index contributed by atoms with van der Waals surface area (Å²) in [5, 5.41) is 4.44. The van der Waals surface area contributed by atoms with E-state index in [9.17, 15) is 4.79 Å². The van der Waals surface area contributed by atoms with Crippen LogP contribution >= 0.6 is 0 Å². The first kappa shape index (κ1) is 13.9. The van der Waals surface area contributed by atoms with Crippen molar-refractivity contribution in [3.8, 4) is 11.4 Å². The molecule has 2 aromatic heterocycles. The summed E-state index contributed by atoms with van der Waals surface area (Å²) in [6.45, 7) is 3.79. The first-order valence-corrected chi connectivity index (χ1v) is 7.55. The van der Waals surface area contributed by atoms with E-state index in [1.165, 1.54) is 19.3 Å². The van der Waals surface area contributed by atoms with Crippen LogP contribution in [0, 0.1) is 0 Å². The predicted molar refractivity (Wildman–Crippen MR) is 82.0 cm³/mol. The van der Waals surface area contributed by atoms with Crippen LogP contribution < -0.4 is 5.56 Å². The summed E-state index contributed by atoms with van der Waals surface area (Å²) in [6, 6.07) is 9.01. The van der Waals surface area contributed by atoms with Gasteiger partial charge >= 0.3 is 0 Å². The van der Waals surface area contributed by atoms with E-state index in [1.54, 1.807) is 23.0 Å². The van der Waals surface area contributed by atoms with Gasteiger partial charge in [0, 0.05) is 18.8 Å². The lowest BCUT2D eigenvalue weighted by Crippen LogP contribution is -2.35. The number of nitrogens with zero attached hydrogens (tertiary/aromatic N) is 4. The molecule has 0 aliphatic carbocycles. The van der Waals surface area contributed by atoms with Gasteiger partial charge in [-0.2, -0.15) is 5.10 Å². The second-order valence-electron chi connectivity index (χ2n) is 5.40. The average Bonchev–Trinajstić information content (AvgIpc) is 2.56. The third-order valence-corrected chi connectivity index (χ3v) is 3.87. The third-order valence-electron chi connectivity index (χ3n) is 3.87. The minimum Gasteiger partial charge on any atom is -0.301 e. The Hall–Kier alpha value is -2.01. The van der Waals surface area contributed by atoms with Crippen molar-refractivity contribution < 1.29 is 0 Å². The van der Waals surface area contributed by atoms with Crippen LogP contribution in [0.15, 0.2) is 41.3 Å². The lowest BCUT2D eigenvalue weighted by Gasteiger charge is -2.26. The predicted octanol–water partition coefficient (Wildman–Crippen LogP) is 1.79. The van der Waals surface area contributed by atoms with Crippen molar-refractivity contribution in [1.82, 2.24) is 19.7 Å². The van der Waals surface area contributed by atoms with Gasteiger partial charge in [0.2, 0.25) is 0 Å². The van der Waals surface area contributed by atoms with Crippen molar-refractivity contribution in [2.45, 2.75) is 25.8 Å². The molecule has 5 nitrogen and oxygen atoms in total. The van der Waals surface area contributed by atoms with Gasteiger partial charge < -0.3 is 4.90 Å². The van der Waals surface area contributed by atoms with E-state index in [1.807, 2.05) is 18.2 Å². The second-order valence-corrected chi connectivity index (χ2v) is 5.40. The Labute approximate surface area is 124 Å². The summed E-state index contributed by atoms with van der Waals surface area (Å²) in [7, 11) is 0. The molecule has 21 heavy (non-hydrogen) atoms. The fourth-order valence-electron chi connectivity index (χ4n) is 2.68. The molecule has 1 aliphatic heterocycles. The number of pyridine rings is 1. The van der Waals surface area contributed by atoms with Gasteiger partial charge in [-0.05, 0) is 44.1 Å². The zero-order valence-electron chi connectivity index (χ0n) is 12.1. The van der Waals surface area contributed by atoms with Gasteiger partial charge in [0.25, 0.3) is 5.56 Å². The van der Waals surface area contributed by atoms with E-state index in [-0.39, 0.29) is 5.56 Å². The molecule has 0 unspecified atom stereocenters. The Balaban J connectivity index is 1.74. The van der Waals surface area contributed by atoms with Crippen molar-refractivity contribution in [3.05, 3.63) is 46.9 Å². The fraction of sp³-hybridized carbons (Fsp3) is 0.438. The van der Waals surface area contributed by atoms with E-state index in [2.05, 4.69) is 15.0 Å². The summed E-state index contributed by atoms with van der Waals surface area (Å²) in [6.07, 6.45) is 5.58. The highest BCUT2D eigenvalue weighted by atomic mass is 16.1. The molecule has 0 amide bonds. The smallest absolute Gasteiger partial charge is 0.266 e. The van der Waals surface area contributed by atoms with Crippen molar-refractivity contribution in [2.75, 3.05) is 19.6 Å². The SMILES string of the molecule is O=c1ccc(-c2ccccn2)nn1CCN1CCCCC1. The number of piperidine rings is 1. The molecule has 3 rings (SSSR count). The zero-order valence-corrected chi connectivity index (χ0v) is 12.1. The second kappa shape index (κ2) is 6.63. The van der Waals surface area contributed by atoms with Crippen molar-refractivity contribution >= 4 is 0 Å². The molecule has 0 spiro atoms. The number of aromatic nitrogens is 3. The van der Waals surface area contributed by atoms with E-state index in [4.69, 9.17) is 0 Å². The highest BCUT2D eigenvalue weighted by Crippen LogP contribution is 2.11.